The molecule has 1 aliphatic rings. The number of hydrogen-bond donors (Lipinski definition) is 0. The van der Waals surface area contributed by atoms with Gasteiger partial charge < -0.3 is 4.74 Å². The predicted octanol–water partition coefficient (Wildman–Crippen LogP) is 4.83. The Labute approximate surface area is 176 Å². The molecular weight excluding hydrogens is 384 g/mol. The van der Waals surface area contributed by atoms with E-state index in [1.165, 1.54) is 16.5 Å². The fraction of sp³-hybridized carbons (Fsp3) is 0.333. The van der Waals surface area contributed by atoms with E-state index in [4.69, 9.17) is 21.3 Å². The summed E-state index contributed by atoms with van der Waals surface area (Å²) in [7, 11) is 0. The van der Waals surface area contributed by atoms with Crippen molar-refractivity contribution in [2.24, 2.45) is 0 Å². The summed E-state index contributed by atoms with van der Waals surface area (Å²) in [6, 6.07) is 14.5. The average Bonchev–Trinajstić information content (AvgIpc) is 2.69. The van der Waals surface area contributed by atoms with Crippen LogP contribution >= 0.6 is 11.6 Å². The molecule has 0 aliphatic carbocycles. The maximum Gasteiger partial charge on any atom is 0.134 e. The van der Waals surface area contributed by atoms with Gasteiger partial charge in [0.25, 0.3) is 0 Å². The summed E-state index contributed by atoms with van der Waals surface area (Å²) in [5.74, 6) is 0.103. The molecule has 1 aromatic heterocycles. The van der Waals surface area contributed by atoms with Crippen LogP contribution in [-0.4, -0.2) is 42.0 Å². The Morgan fingerprint density at radius 2 is 1.90 bits per heavy atom. The molecule has 29 heavy (non-hydrogen) atoms. The second-order valence-electron chi connectivity index (χ2n) is 7.76. The lowest BCUT2D eigenvalue weighted by Gasteiger charge is -2.27. The van der Waals surface area contributed by atoms with Gasteiger partial charge in [0.05, 0.1) is 24.4 Å². The van der Waals surface area contributed by atoms with Crippen LogP contribution in [-0.2, 0) is 22.5 Å². The van der Waals surface area contributed by atoms with Crippen molar-refractivity contribution < 1.29 is 9.53 Å². The summed E-state index contributed by atoms with van der Waals surface area (Å²) in [6.45, 7) is 7.98. The first kappa shape index (κ1) is 20.0. The van der Waals surface area contributed by atoms with Crippen LogP contribution in [0.2, 0.25) is 5.02 Å². The zero-order valence-corrected chi connectivity index (χ0v) is 17.6. The Hall–Kier alpha value is -2.27. The van der Waals surface area contributed by atoms with E-state index in [0.29, 0.717) is 11.4 Å². The normalized spacial score (nSPS) is 15.0. The van der Waals surface area contributed by atoms with Crippen LogP contribution in [0.3, 0.4) is 0 Å². The van der Waals surface area contributed by atoms with E-state index in [1.54, 1.807) is 6.92 Å². The van der Waals surface area contributed by atoms with Crippen LogP contribution in [0, 0.1) is 6.92 Å². The second-order valence-corrected chi connectivity index (χ2v) is 8.17. The number of halogens is 1. The molecule has 4 nitrogen and oxygen atoms in total. The van der Waals surface area contributed by atoms with Gasteiger partial charge in [-0.05, 0) is 48.7 Å². The number of Topliss-reactive ketones (excluding diaryl/α,β-unsaturated/α-hetero) is 1. The van der Waals surface area contributed by atoms with Crippen LogP contribution in [0.1, 0.15) is 23.6 Å². The lowest BCUT2D eigenvalue weighted by Crippen LogP contribution is -2.35. The highest BCUT2D eigenvalue weighted by Crippen LogP contribution is 2.29. The molecule has 1 aliphatic heterocycles. The number of aromatic nitrogens is 1. The molecule has 0 saturated carbocycles. The number of hydrogen-bond acceptors (Lipinski definition) is 4. The molecule has 2 aromatic carbocycles. The van der Waals surface area contributed by atoms with Gasteiger partial charge in [-0.2, -0.15) is 0 Å². The number of ether oxygens (including phenoxy) is 1. The van der Waals surface area contributed by atoms with Gasteiger partial charge in [0.2, 0.25) is 0 Å². The molecule has 4 rings (SSSR count). The van der Waals surface area contributed by atoms with E-state index in [1.807, 2.05) is 18.2 Å². The summed E-state index contributed by atoms with van der Waals surface area (Å²) < 4.78 is 5.49. The number of pyridine rings is 1. The highest BCUT2D eigenvalue weighted by molar-refractivity contribution is 6.31. The molecule has 150 valence electrons. The number of fused-ring (bicyclic) bond motifs is 1. The van der Waals surface area contributed by atoms with Crippen LogP contribution < -0.4 is 0 Å². The standard InChI is InChI=1S/C24H25ClN2O2/c1-16-3-6-21-20(15-27-7-9-29-10-8-27)14-23(26-24(21)11-16)19-5-4-18(12-17(2)28)22(25)13-19/h3-6,11,13-14H,7-10,12,15H2,1-2H3. The first-order chi connectivity index (χ1) is 14.0. The SMILES string of the molecule is CC(=O)Cc1ccc(-c2cc(CN3CCOCC3)c3ccc(C)cc3n2)cc1Cl. The van der Waals surface area contributed by atoms with Crippen LogP contribution in [0.15, 0.2) is 42.5 Å². The topological polar surface area (TPSA) is 42.4 Å². The van der Waals surface area contributed by atoms with Gasteiger partial charge in [0, 0.05) is 42.0 Å². The maximum atomic E-state index is 11.4. The van der Waals surface area contributed by atoms with Gasteiger partial charge in [0.15, 0.2) is 0 Å². The smallest absolute Gasteiger partial charge is 0.134 e. The number of morpholine rings is 1. The van der Waals surface area contributed by atoms with Crippen LogP contribution in [0.25, 0.3) is 22.2 Å². The third-order valence-electron chi connectivity index (χ3n) is 5.34. The van der Waals surface area contributed by atoms with Crippen molar-refractivity contribution in [2.75, 3.05) is 26.3 Å². The van der Waals surface area contributed by atoms with Crippen LogP contribution in [0.4, 0.5) is 0 Å². The van der Waals surface area contributed by atoms with Gasteiger partial charge in [-0.15, -0.1) is 0 Å². The number of carbonyl (C=O) groups is 1. The fourth-order valence-electron chi connectivity index (χ4n) is 3.81. The number of nitrogens with zero attached hydrogens (tertiary/aromatic N) is 2. The number of carbonyl (C=O) groups excluding carboxylic acids is 1. The molecular formula is C24H25ClN2O2. The highest BCUT2D eigenvalue weighted by atomic mass is 35.5. The van der Waals surface area contributed by atoms with E-state index in [-0.39, 0.29) is 5.78 Å². The quantitative estimate of drug-likeness (QED) is 0.606. The van der Waals surface area contributed by atoms with Crippen molar-refractivity contribution in [2.45, 2.75) is 26.8 Å². The molecule has 2 heterocycles. The minimum Gasteiger partial charge on any atom is -0.379 e. The van der Waals surface area contributed by atoms with Crippen LogP contribution in [0.5, 0.6) is 0 Å². The highest BCUT2D eigenvalue weighted by Gasteiger charge is 2.15. The molecule has 0 radical (unpaired) electrons. The zero-order chi connectivity index (χ0) is 20.4. The Kier molecular flexibility index (Phi) is 5.95. The molecule has 0 bridgehead atoms. The second kappa shape index (κ2) is 8.62. The van der Waals surface area contributed by atoms with Gasteiger partial charge >= 0.3 is 0 Å². The largest absolute Gasteiger partial charge is 0.379 e. The minimum absolute atomic E-state index is 0.103. The number of aryl methyl sites for hydroxylation is 1. The van der Waals surface area contributed by atoms with Gasteiger partial charge in [-0.3, -0.25) is 9.69 Å². The molecule has 5 heteroatoms. The van der Waals surface area contributed by atoms with Crippen molar-refractivity contribution in [3.8, 4) is 11.3 Å². The summed E-state index contributed by atoms with van der Waals surface area (Å²) in [5.41, 5.74) is 6.17. The Morgan fingerprint density at radius 1 is 1.10 bits per heavy atom. The van der Waals surface area contributed by atoms with Crippen molar-refractivity contribution in [3.63, 3.8) is 0 Å². The van der Waals surface area contributed by atoms with Gasteiger partial charge in [-0.25, -0.2) is 4.98 Å². The minimum atomic E-state index is 0.103. The third-order valence-corrected chi connectivity index (χ3v) is 5.69. The van der Waals surface area contributed by atoms with Crippen molar-refractivity contribution >= 4 is 28.3 Å². The maximum absolute atomic E-state index is 11.4. The zero-order valence-electron chi connectivity index (χ0n) is 16.9. The van der Waals surface area contributed by atoms with Gasteiger partial charge in [0.1, 0.15) is 5.78 Å². The average molecular weight is 409 g/mol. The van der Waals surface area contributed by atoms with E-state index in [0.717, 1.165) is 55.2 Å². The number of benzene rings is 2. The Morgan fingerprint density at radius 3 is 2.62 bits per heavy atom. The van der Waals surface area contributed by atoms with Crippen molar-refractivity contribution in [1.29, 1.82) is 0 Å². The molecule has 1 saturated heterocycles. The monoisotopic (exact) mass is 408 g/mol. The first-order valence-electron chi connectivity index (χ1n) is 9.98. The van der Waals surface area contributed by atoms with E-state index in [9.17, 15) is 4.79 Å². The summed E-state index contributed by atoms with van der Waals surface area (Å²) in [5, 5.41) is 1.80. The number of rotatable bonds is 5. The fourth-order valence-corrected chi connectivity index (χ4v) is 4.05. The first-order valence-corrected chi connectivity index (χ1v) is 10.4. The Bertz CT molecular complexity index is 1060. The summed E-state index contributed by atoms with van der Waals surface area (Å²) >= 11 is 6.46. The molecule has 0 N–H and O–H groups in total. The molecule has 0 spiro atoms. The van der Waals surface area contributed by atoms with E-state index < -0.39 is 0 Å². The molecule has 3 aromatic rings. The molecule has 0 amide bonds. The number of ketones is 1. The van der Waals surface area contributed by atoms with Crippen molar-refractivity contribution in [1.82, 2.24) is 9.88 Å². The van der Waals surface area contributed by atoms with E-state index in [2.05, 4.69) is 36.1 Å². The molecule has 1 fully saturated rings. The summed E-state index contributed by atoms with van der Waals surface area (Å²) in [6.07, 6.45) is 0.353. The van der Waals surface area contributed by atoms with Crippen molar-refractivity contribution in [3.05, 3.63) is 64.2 Å². The van der Waals surface area contributed by atoms with Gasteiger partial charge in [-0.1, -0.05) is 35.9 Å². The summed E-state index contributed by atoms with van der Waals surface area (Å²) in [4.78, 5) is 18.8. The lowest BCUT2D eigenvalue weighted by atomic mass is 10.0. The molecule has 0 unspecified atom stereocenters. The van der Waals surface area contributed by atoms with E-state index >= 15 is 0 Å². The predicted molar refractivity (Wildman–Crippen MR) is 117 cm³/mol. The lowest BCUT2D eigenvalue weighted by molar-refractivity contribution is -0.116. The third kappa shape index (κ3) is 4.67. The Balaban J connectivity index is 1.76. The molecule has 0 atom stereocenters.